The van der Waals surface area contributed by atoms with Crippen LogP contribution in [0.15, 0.2) is 84.9 Å². The highest BCUT2D eigenvalue weighted by atomic mass is 19.1. The smallest absolute Gasteiger partial charge is 0.224 e. The van der Waals surface area contributed by atoms with Crippen LogP contribution in [0.2, 0.25) is 0 Å². The quantitative estimate of drug-likeness (QED) is 0.342. The van der Waals surface area contributed by atoms with Crippen molar-refractivity contribution in [1.29, 1.82) is 0 Å². The van der Waals surface area contributed by atoms with Crippen molar-refractivity contribution in [2.75, 3.05) is 0 Å². The molecule has 2 N–H and O–H groups in total. The van der Waals surface area contributed by atoms with Crippen LogP contribution in [0.5, 0.6) is 0 Å². The number of hydrogen-bond donors (Lipinski definition) is 1. The Morgan fingerprint density at radius 1 is 0.970 bits per heavy atom. The third-order valence-electron chi connectivity index (χ3n) is 6.15. The van der Waals surface area contributed by atoms with Gasteiger partial charge in [-0.3, -0.25) is 4.79 Å². The summed E-state index contributed by atoms with van der Waals surface area (Å²) in [5.41, 5.74) is 10.1. The summed E-state index contributed by atoms with van der Waals surface area (Å²) in [5, 5.41) is 0.830. The molecule has 0 atom stereocenters. The van der Waals surface area contributed by atoms with E-state index in [1.165, 1.54) is 0 Å². The Kier molecular flexibility index (Phi) is 6.19. The number of benzene rings is 3. The predicted molar refractivity (Wildman–Crippen MR) is 134 cm³/mol. The lowest BCUT2D eigenvalue weighted by atomic mass is 9.92. The van der Waals surface area contributed by atoms with E-state index in [-0.39, 0.29) is 5.83 Å². The Morgan fingerprint density at radius 3 is 2.24 bits per heavy atom. The highest BCUT2D eigenvalue weighted by Crippen LogP contribution is 2.41. The van der Waals surface area contributed by atoms with Crippen LogP contribution in [0.4, 0.5) is 4.39 Å². The zero-order valence-electron chi connectivity index (χ0n) is 19.3. The molecule has 0 saturated heterocycles. The number of hydrogen-bond acceptors (Lipinski definition) is 1. The summed E-state index contributed by atoms with van der Waals surface area (Å²) in [7, 11) is 0. The van der Waals surface area contributed by atoms with Crippen molar-refractivity contribution in [3.05, 3.63) is 102 Å². The summed E-state index contributed by atoms with van der Waals surface area (Å²) in [6.07, 6.45) is 2.13. The highest BCUT2D eigenvalue weighted by Gasteiger charge is 2.30. The molecule has 33 heavy (non-hydrogen) atoms. The van der Waals surface area contributed by atoms with Crippen LogP contribution >= 0.6 is 0 Å². The number of carbonyl (C=O) groups excluding carboxylic acids is 1. The maximum atomic E-state index is 16.0. The molecule has 3 aromatic carbocycles. The van der Waals surface area contributed by atoms with Gasteiger partial charge in [-0.15, -0.1) is 0 Å². The predicted octanol–water partition coefficient (Wildman–Crippen LogP) is 6.68. The number of rotatable bonds is 7. The molecule has 0 aliphatic rings. The van der Waals surface area contributed by atoms with E-state index < -0.39 is 11.3 Å². The molecule has 4 rings (SSSR count). The van der Waals surface area contributed by atoms with E-state index in [0.717, 1.165) is 33.3 Å². The van der Waals surface area contributed by atoms with E-state index in [0.29, 0.717) is 18.5 Å². The van der Waals surface area contributed by atoms with Crippen LogP contribution in [-0.4, -0.2) is 10.5 Å². The average molecular weight is 441 g/mol. The third kappa shape index (κ3) is 4.47. The van der Waals surface area contributed by atoms with Crippen molar-refractivity contribution >= 4 is 22.6 Å². The topological polar surface area (TPSA) is 48.0 Å². The van der Waals surface area contributed by atoms with Gasteiger partial charge in [0.2, 0.25) is 5.91 Å². The van der Waals surface area contributed by atoms with E-state index in [2.05, 4.69) is 4.57 Å². The number of aromatic nitrogens is 1. The molecule has 4 heteroatoms. The molecule has 3 nitrogen and oxygen atoms in total. The minimum atomic E-state index is -0.806. The molecule has 0 saturated carbocycles. The summed E-state index contributed by atoms with van der Waals surface area (Å²) in [5.74, 6) is -0.664. The van der Waals surface area contributed by atoms with Gasteiger partial charge in [0.05, 0.1) is 16.6 Å². The average Bonchev–Trinajstić information content (AvgIpc) is 3.13. The molecule has 0 spiro atoms. The molecule has 0 aliphatic heterocycles. The van der Waals surface area contributed by atoms with Gasteiger partial charge in [-0.25, -0.2) is 4.39 Å². The Morgan fingerprint density at radius 2 is 1.61 bits per heavy atom. The number of aryl methyl sites for hydroxylation is 1. The van der Waals surface area contributed by atoms with Gasteiger partial charge >= 0.3 is 0 Å². The number of fused-ring (bicyclic) bond motifs is 1. The van der Waals surface area contributed by atoms with Crippen LogP contribution < -0.4 is 5.73 Å². The Hall–Kier alpha value is -3.66. The van der Waals surface area contributed by atoms with Crippen LogP contribution in [-0.2, 0) is 17.8 Å². The van der Waals surface area contributed by atoms with E-state index in [1.807, 2.05) is 99.6 Å². The van der Waals surface area contributed by atoms with Crippen LogP contribution in [0, 0.1) is 12.3 Å². The van der Waals surface area contributed by atoms with Crippen molar-refractivity contribution in [3.8, 4) is 11.3 Å². The summed E-state index contributed by atoms with van der Waals surface area (Å²) in [6.45, 7) is 6.02. The fourth-order valence-electron chi connectivity index (χ4n) is 4.29. The summed E-state index contributed by atoms with van der Waals surface area (Å²) in [4.78, 5) is 12.2. The van der Waals surface area contributed by atoms with Crippen LogP contribution in [0.25, 0.3) is 28.0 Å². The minimum Gasteiger partial charge on any atom is -0.369 e. The van der Waals surface area contributed by atoms with Gasteiger partial charge in [-0.05, 0) is 50.0 Å². The van der Waals surface area contributed by atoms with Crippen LogP contribution in [0.3, 0.4) is 0 Å². The normalized spacial score (nSPS) is 12.3. The lowest BCUT2D eigenvalue weighted by Crippen LogP contribution is -2.35. The first-order valence-corrected chi connectivity index (χ1v) is 11.2. The monoisotopic (exact) mass is 440 g/mol. The lowest BCUT2D eigenvalue weighted by molar-refractivity contribution is -0.126. The maximum absolute atomic E-state index is 16.0. The number of amides is 1. The zero-order valence-corrected chi connectivity index (χ0v) is 19.3. The van der Waals surface area contributed by atoms with Crippen molar-refractivity contribution in [2.24, 2.45) is 11.1 Å². The van der Waals surface area contributed by atoms with Gasteiger partial charge in [0, 0.05) is 17.5 Å². The van der Waals surface area contributed by atoms with Gasteiger partial charge in [0.1, 0.15) is 5.83 Å². The molecule has 1 heterocycles. The standard InChI is InChI=1S/C29H29FN2O/c1-20-11-10-16-23-25(24(30)18-17-21-12-6-4-7-13-21)27(22-14-8-5-9-15-22)32(26(20)23)19-29(2,3)28(31)33/h4-16,18H,17,19H2,1-3H3,(H2,31,33)/b24-18-. The van der Waals surface area contributed by atoms with E-state index in [1.54, 1.807) is 6.08 Å². The SMILES string of the molecule is Cc1cccc2c(/C(F)=C/Cc3ccccc3)c(-c3ccccc3)n(CC(C)(C)C(N)=O)c12. The first kappa shape index (κ1) is 22.5. The van der Waals surface area contributed by atoms with Gasteiger partial charge in [0.25, 0.3) is 0 Å². The minimum absolute atomic E-state index is 0.274. The van der Waals surface area contributed by atoms with E-state index in [9.17, 15) is 4.79 Å². The number of allylic oxidation sites excluding steroid dienone is 1. The molecule has 1 aromatic heterocycles. The molecule has 1 amide bonds. The van der Waals surface area contributed by atoms with Crippen molar-refractivity contribution in [2.45, 2.75) is 33.7 Å². The number of halogens is 1. The van der Waals surface area contributed by atoms with Gasteiger partial charge < -0.3 is 10.3 Å². The highest BCUT2D eigenvalue weighted by molar-refractivity contribution is 6.01. The van der Waals surface area contributed by atoms with Gasteiger partial charge in [0.15, 0.2) is 0 Å². The second kappa shape index (κ2) is 9.07. The molecule has 0 bridgehead atoms. The van der Waals surface area contributed by atoms with Crippen LogP contribution in [0.1, 0.15) is 30.5 Å². The lowest BCUT2D eigenvalue weighted by Gasteiger charge is -2.24. The molecular weight excluding hydrogens is 411 g/mol. The summed E-state index contributed by atoms with van der Waals surface area (Å²) >= 11 is 0. The van der Waals surface area contributed by atoms with Crippen molar-refractivity contribution in [1.82, 2.24) is 4.57 Å². The largest absolute Gasteiger partial charge is 0.369 e. The molecule has 0 aliphatic carbocycles. The number of primary amides is 1. The fraction of sp³-hybridized carbons (Fsp3) is 0.207. The first-order chi connectivity index (χ1) is 15.8. The molecule has 4 aromatic rings. The van der Waals surface area contributed by atoms with Crippen molar-refractivity contribution < 1.29 is 9.18 Å². The summed E-state index contributed by atoms with van der Waals surface area (Å²) < 4.78 is 18.1. The number of carbonyl (C=O) groups is 1. The van der Waals surface area contributed by atoms with Gasteiger partial charge in [-0.2, -0.15) is 0 Å². The molecule has 0 radical (unpaired) electrons. The second-order valence-electron chi connectivity index (χ2n) is 9.14. The Bertz CT molecular complexity index is 1320. The molecule has 0 unspecified atom stereocenters. The van der Waals surface area contributed by atoms with E-state index in [4.69, 9.17) is 5.73 Å². The fourth-order valence-corrected chi connectivity index (χ4v) is 4.29. The number of para-hydroxylation sites is 1. The maximum Gasteiger partial charge on any atom is 0.224 e. The molecule has 168 valence electrons. The van der Waals surface area contributed by atoms with Crippen molar-refractivity contribution in [3.63, 3.8) is 0 Å². The van der Waals surface area contributed by atoms with E-state index >= 15 is 4.39 Å². The van der Waals surface area contributed by atoms with Gasteiger partial charge in [-0.1, -0.05) is 78.9 Å². The number of nitrogens with two attached hydrogens (primary N) is 1. The third-order valence-corrected chi connectivity index (χ3v) is 6.15. The first-order valence-electron chi connectivity index (χ1n) is 11.2. The zero-order chi connectivity index (χ0) is 23.6. The molecular formula is C29H29FN2O. The number of nitrogens with zero attached hydrogens (tertiary/aromatic N) is 1. The Labute approximate surface area is 194 Å². The molecule has 0 fully saturated rings. The Balaban J connectivity index is 1.99. The summed E-state index contributed by atoms with van der Waals surface area (Å²) in [6, 6.07) is 25.5. The second-order valence-corrected chi connectivity index (χ2v) is 9.14.